The maximum absolute atomic E-state index is 13.0. The van der Waals surface area contributed by atoms with Gasteiger partial charge in [-0.15, -0.1) is 11.3 Å². The fraction of sp³-hybridized carbons (Fsp3) is 0.350. The van der Waals surface area contributed by atoms with E-state index in [-0.39, 0.29) is 16.5 Å². The number of sulfonamides is 1. The van der Waals surface area contributed by atoms with E-state index in [9.17, 15) is 13.2 Å². The molecule has 1 aromatic carbocycles. The second kappa shape index (κ2) is 8.29. The lowest BCUT2D eigenvalue weighted by molar-refractivity contribution is 0.102. The lowest BCUT2D eigenvalue weighted by Crippen LogP contribution is -2.35. The van der Waals surface area contributed by atoms with Crippen molar-refractivity contribution >= 4 is 33.0 Å². The van der Waals surface area contributed by atoms with E-state index in [4.69, 9.17) is 0 Å². The number of benzene rings is 1. The molecule has 158 valence electrons. The molecule has 1 amide bonds. The molecule has 3 heterocycles. The lowest BCUT2D eigenvalue weighted by Gasteiger charge is -2.26. The second-order valence-electron chi connectivity index (χ2n) is 7.34. The summed E-state index contributed by atoms with van der Waals surface area (Å²) < 4.78 is 29.1. The zero-order valence-corrected chi connectivity index (χ0v) is 18.5. The SMILES string of the molecule is Cc1ccc(S(=O)(=O)N2CCCCC2)cc1NC(=O)c1csc(-c2cnn(C)c2)n1. The highest BCUT2D eigenvalue weighted by Gasteiger charge is 2.26. The van der Waals surface area contributed by atoms with Crippen molar-refractivity contribution in [3.63, 3.8) is 0 Å². The van der Waals surface area contributed by atoms with Crippen LogP contribution in [0.4, 0.5) is 5.69 Å². The average molecular weight is 446 g/mol. The van der Waals surface area contributed by atoms with E-state index in [2.05, 4.69) is 15.4 Å². The summed E-state index contributed by atoms with van der Waals surface area (Å²) in [5.41, 5.74) is 2.37. The molecular formula is C20H23N5O3S2. The highest BCUT2D eigenvalue weighted by molar-refractivity contribution is 7.89. The number of piperidine rings is 1. The van der Waals surface area contributed by atoms with Crippen LogP contribution < -0.4 is 5.32 Å². The van der Waals surface area contributed by atoms with Gasteiger partial charge in [0.25, 0.3) is 5.91 Å². The summed E-state index contributed by atoms with van der Waals surface area (Å²) in [6.45, 7) is 2.90. The number of nitrogens with one attached hydrogen (secondary N) is 1. The van der Waals surface area contributed by atoms with Gasteiger partial charge >= 0.3 is 0 Å². The molecule has 0 aliphatic carbocycles. The fourth-order valence-electron chi connectivity index (χ4n) is 3.38. The van der Waals surface area contributed by atoms with Gasteiger partial charge in [0.15, 0.2) is 0 Å². The van der Waals surface area contributed by atoms with Crippen molar-refractivity contribution < 1.29 is 13.2 Å². The minimum absolute atomic E-state index is 0.194. The molecule has 2 aromatic heterocycles. The van der Waals surface area contributed by atoms with Crippen molar-refractivity contribution in [3.8, 4) is 10.6 Å². The van der Waals surface area contributed by atoms with E-state index < -0.39 is 10.0 Å². The van der Waals surface area contributed by atoms with Gasteiger partial charge in [-0.2, -0.15) is 9.40 Å². The van der Waals surface area contributed by atoms with Gasteiger partial charge in [0, 0.05) is 43.0 Å². The molecule has 3 aromatic rings. The van der Waals surface area contributed by atoms with E-state index in [1.54, 1.807) is 28.4 Å². The van der Waals surface area contributed by atoms with Crippen molar-refractivity contribution in [2.24, 2.45) is 7.05 Å². The number of thiazole rings is 1. The molecule has 0 saturated carbocycles. The number of aromatic nitrogens is 3. The molecule has 1 fully saturated rings. The number of aryl methyl sites for hydroxylation is 2. The van der Waals surface area contributed by atoms with Crippen LogP contribution in [-0.4, -0.2) is 46.5 Å². The normalized spacial score (nSPS) is 15.3. The van der Waals surface area contributed by atoms with Gasteiger partial charge in [-0.25, -0.2) is 13.4 Å². The number of anilines is 1. The average Bonchev–Trinajstić information content (AvgIpc) is 3.39. The Morgan fingerprint density at radius 2 is 1.97 bits per heavy atom. The van der Waals surface area contributed by atoms with E-state index in [0.29, 0.717) is 23.8 Å². The van der Waals surface area contributed by atoms with Crippen LogP contribution in [0.25, 0.3) is 10.6 Å². The second-order valence-corrected chi connectivity index (χ2v) is 10.1. The predicted octanol–water partition coefficient (Wildman–Crippen LogP) is 3.28. The van der Waals surface area contributed by atoms with Crippen LogP contribution in [0.3, 0.4) is 0 Å². The highest BCUT2D eigenvalue weighted by Crippen LogP contribution is 2.27. The largest absolute Gasteiger partial charge is 0.320 e. The zero-order valence-electron chi connectivity index (χ0n) is 16.8. The molecule has 1 aliphatic rings. The summed E-state index contributed by atoms with van der Waals surface area (Å²) in [6, 6.07) is 4.85. The van der Waals surface area contributed by atoms with Gasteiger partial charge in [0.05, 0.1) is 11.1 Å². The summed E-state index contributed by atoms with van der Waals surface area (Å²) in [6.07, 6.45) is 6.32. The van der Waals surface area contributed by atoms with Crippen molar-refractivity contribution in [1.29, 1.82) is 0 Å². The lowest BCUT2D eigenvalue weighted by atomic mass is 10.2. The van der Waals surface area contributed by atoms with Gasteiger partial charge in [-0.1, -0.05) is 12.5 Å². The highest BCUT2D eigenvalue weighted by atomic mass is 32.2. The minimum Gasteiger partial charge on any atom is -0.320 e. The fourth-order valence-corrected chi connectivity index (χ4v) is 5.70. The van der Waals surface area contributed by atoms with E-state index in [0.717, 1.165) is 30.4 Å². The maximum Gasteiger partial charge on any atom is 0.275 e. The maximum atomic E-state index is 13.0. The van der Waals surface area contributed by atoms with Gasteiger partial charge in [-0.05, 0) is 37.5 Å². The van der Waals surface area contributed by atoms with Gasteiger partial charge in [0.2, 0.25) is 10.0 Å². The molecule has 0 atom stereocenters. The molecule has 4 rings (SSSR count). The predicted molar refractivity (Wildman–Crippen MR) is 116 cm³/mol. The molecule has 10 heteroatoms. The van der Waals surface area contributed by atoms with Crippen LogP contribution in [0, 0.1) is 6.92 Å². The molecule has 0 unspecified atom stereocenters. The van der Waals surface area contributed by atoms with Crippen molar-refractivity contribution in [2.75, 3.05) is 18.4 Å². The monoisotopic (exact) mass is 445 g/mol. The van der Waals surface area contributed by atoms with Crippen molar-refractivity contribution in [2.45, 2.75) is 31.1 Å². The smallest absolute Gasteiger partial charge is 0.275 e. The molecule has 1 saturated heterocycles. The van der Waals surface area contributed by atoms with Crippen LogP contribution in [-0.2, 0) is 17.1 Å². The summed E-state index contributed by atoms with van der Waals surface area (Å²) in [4.78, 5) is 17.3. The van der Waals surface area contributed by atoms with Crippen LogP contribution in [0.2, 0.25) is 0 Å². The van der Waals surface area contributed by atoms with Crippen molar-refractivity contribution in [1.82, 2.24) is 19.1 Å². The van der Waals surface area contributed by atoms with Crippen LogP contribution in [0.15, 0.2) is 40.9 Å². The minimum atomic E-state index is -3.57. The molecule has 0 bridgehead atoms. The Balaban J connectivity index is 1.55. The molecular weight excluding hydrogens is 422 g/mol. The Morgan fingerprint density at radius 3 is 2.67 bits per heavy atom. The first kappa shape index (κ1) is 20.7. The Bertz CT molecular complexity index is 1180. The first-order valence-corrected chi connectivity index (χ1v) is 12.0. The molecule has 1 N–H and O–H groups in total. The molecule has 8 nitrogen and oxygen atoms in total. The first-order chi connectivity index (χ1) is 14.3. The standard InChI is InChI=1S/C20H23N5O3S2/c1-14-6-7-16(30(27,28)25-8-4-3-5-9-25)10-17(14)22-19(26)18-13-29-20(23-18)15-11-21-24(2)12-15/h6-7,10-13H,3-5,8-9H2,1-2H3,(H,22,26). The summed E-state index contributed by atoms with van der Waals surface area (Å²) in [5.74, 6) is -0.378. The molecule has 1 aliphatic heterocycles. The van der Waals surface area contributed by atoms with Gasteiger partial charge in [0.1, 0.15) is 10.7 Å². The third kappa shape index (κ3) is 4.16. The number of amides is 1. The van der Waals surface area contributed by atoms with Crippen LogP contribution in [0.1, 0.15) is 35.3 Å². The molecule has 0 spiro atoms. The number of carbonyl (C=O) groups is 1. The Hall–Kier alpha value is -2.56. The first-order valence-electron chi connectivity index (χ1n) is 9.71. The number of hydrogen-bond acceptors (Lipinski definition) is 6. The quantitative estimate of drug-likeness (QED) is 0.650. The third-order valence-corrected chi connectivity index (χ3v) is 7.88. The summed E-state index contributed by atoms with van der Waals surface area (Å²) >= 11 is 1.36. The third-order valence-electron chi connectivity index (χ3n) is 5.10. The van der Waals surface area contributed by atoms with Crippen molar-refractivity contribution in [3.05, 3.63) is 47.2 Å². The Labute approximate surface area is 179 Å². The molecule has 30 heavy (non-hydrogen) atoms. The number of hydrogen-bond donors (Lipinski definition) is 1. The van der Waals surface area contributed by atoms with Crippen LogP contribution >= 0.6 is 11.3 Å². The topological polar surface area (TPSA) is 97.2 Å². The van der Waals surface area contributed by atoms with Gasteiger partial charge < -0.3 is 5.32 Å². The number of carbonyl (C=O) groups excluding carboxylic acids is 1. The van der Waals surface area contributed by atoms with Gasteiger partial charge in [-0.3, -0.25) is 9.48 Å². The number of nitrogens with zero attached hydrogens (tertiary/aromatic N) is 4. The summed E-state index contributed by atoms with van der Waals surface area (Å²) in [7, 11) is -1.75. The molecule has 0 radical (unpaired) electrons. The van der Waals surface area contributed by atoms with E-state index in [1.165, 1.54) is 21.7 Å². The van der Waals surface area contributed by atoms with E-state index >= 15 is 0 Å². The number of rotatable bonds is 5. The van der Waals surface area contributed by atoms with E-state index in [1.807, 2.05) is 20.2 Å². The summed E-state index contributed by atoms with van der Waals surface area (Å²) in [5, 5.41) is 9.32. The Kier molecular flexibility index (Phi) is 5.72. The Morgan fingerprint density at radius 1 is 1.20 bits per heavy atom. The zero-order chi connectivity index (χ0) is 21.3. The van der Waals surface area contributed by atoms with Crippen LogP contribution in [0.5, 0.6) is 0 Å².